The van der Waals surface area contributed by atoms with Gasteiger partial charge >= 0.3 is 0 Å². The number of carbonyl (C=O) groups is 2. The van der Waals surface area contributed by atoms with E-state index in [0.29, 0.717) is 45.6 Å². The van der Waals surface area contributed by atoms with Crippen LogP contribution in [-0.4, -0.2) is 96.2 Å². The van der Waals surface area contributed by atoms with E-state index < -0.39 is 9.84 Å². The van der Waals surface area contributed by atoms with Crippen molar-refractivity contribution in [1.82, 2.24) is 19.7 Å². The van der Waals surface area contributed by atoms with Crippen LogP contribution in [0.1, 0.15) is 49.2 Å². The fourth-order valence-electron chi connectivity index (χ4n) is 5.21. The van der Waals surface area contributed by atoms with Crippen LogP contribution in [0.2, 0.25) is 0 Å². The Labute approximate surface area is 194 Å². The fourth-order valence-corrected chi connectivity index (χ4v) is 7.69. The van der Waals surface area contributed by atoms with Crippen LogP contribution in [0.3, 0.4) is 0 Å². The smallest absolute Gasteiger partial charge is 0.237 e. The molecule has 0 N–H and O–H groups in total. The molecule has 1 atom stereocenters. The molecule has 3 heterocycles. The summed E-state index contributed by atoms with van der Waals surface area (Å²) in [4.78, 5) is 36.3. The molecule has 8 nitrogen and oxygen atoms in total. The van der Waals surface area contributed by atoms with Crippen molar-refractivity contribution < 1.29 is 18.0 Å². The second-order valence-corrected chi connectivity index (χ2v) is 12.5. The first-order valence-electron chi connectivity index (χ1n) is 11.7. The van der Waals surface area contributed by atoms with E-state index >= 15 is 0 Å². The lowest BCUT2D eigenvalue weighted by Gasteiger charge is -2.40. The van der Waals surface area contributed by atoms with E-state index in [-0.39, 0.29) is 35.4 Å². The van der Waals surface area contributed by atoms with E-state index in [9.17, 15) is 18.0 Å². The van der Waals surface area contributed by atoms with Gasteiger partial charge < -0.3 is 9.80 Å². The van der Waals surface area contributed by atoms with Gasteiger partial charge in [0.25, 0.3) is 0 Å². The molecule has 10 heteroatoms. The molecule has 0 unspecified atom stereocenters. The molecule has 1 saturated carbocycles. The van der Waals surface area contributed by atoms with E-state index in [1.54, 1.807) is 0 Å². The highest BCUT2D eigenvalue weighted by atomic mass is 32.2. The minimum absolute atomic E-state index is 0.0528. The number of hydrogen-bond donors (Lipinski definition) is 0. The zero-order valence-corrected chi connectivity index (χ0v) is 20.5. The molecule has 32 heavy (non-hydrogen) atoms. The summed E-state index contributed by atoms with van der Waals surface area (Å²) < 4.78 is 24.2. The van der Waals surface area contributed by atoms with Crippen LogP contribution < -0.4 is 0 Å². The average Bonchev–Trinajstić information content (AvgIpc) is 3.33. The summed E-state index contributed by atoms with van der Waals surface area (Å²) in [6, 6.07) is -0.0145. The fraction of sp³-hybridized carbons (Fsp3) is 0.773. The second kappa shape index (κ2) is 10.2. The molecule has 4 rings (SSSR count). The van der Waals surface area contributed by atoms with E-state index in [0.717, 1.165) is 36.4 Å². The Hall–Kier alpha value is -1.52. The van der Waals surface area contributed by atoms with Gasteiger partial charge in [0.15, 0.2) is 9.84 Å². The van der Waals surface area contributed by atoms with Crippen LogP contribution in [0, 0.1) is 6.92 Å². The molecule has 1 aliphatic carbocycles. The lowest BCUT2D eigenvalue weighted by molar-refractivity contribution is -0.139. The SMILES string of the molecule is Cc1csc(CC(=O)N2CCN(CC(=O)N(C3CCCCC3)[C@@H]3CCS(=O)(=O)C3)CC2)n1. The Balaban J connectivity index is 1.32. The van der Waals surface area contributed by atoms with Crippen molar-refractivity contribution in [3.05, 3.63) is 16.1 Å². The Kier molecular flexibility index (Phi) is 7.51. The number of sulfone groups is 1. The molecule has 2 saturated heterocycles. The standard InChI is InChI=1S/C22H34N4O4S2/c1-17-15-31-20(23-17)13-21(27)25-10-8-24(9-11-25)14-22(28)26(18-5-3-2-4-6-18)19-7-12-32(29,30)16-19/h15,18-19H,2-14,16H2,1H3/t19-/m1/s1. The number of aryl methyl sites for hydroxylation is 1. The highest BCUT2D eigenvalue weighted by Gasteiger charge is 2.39. The predicted octanol–water partition coefficient (Wildman–Crippen LogP) is 1.49. The summed E-state index contributed by atoms with van der Waals surface area (Å²) in [6.07, 6.45) is 6.24. The molecule has 3 fully saturated rings. The number of nitrogens with zero attached hydrogens (tertiary/aromatic N) is 4. The van der Waals surface area contributed by atoms with E-state index in [2.05, 4.69) is 9.88 Å². The van der Waals surface area contributed by atoms with E-state index in [1.807, 2.05) is 22.1 Å². The van der Waals surface area contributed by atoms with Crippen LogP contribution in [-0.2, 0) is 25.8 Å². The maximum absolute atomic E-state index is 13.4. The number of rotatable bonds is 6. The molecule has 1 aromatic heterocycles. The predicted molar refractivity (Wildman–Crippen MR) is 124 cm³/mol. The Morgan fingerprint density at radius 3 is 2.41 bits per heavy atom. The molecular weight excluding hydrogens is 448 g/mol. The Bertz CT molecular complexity index is 918. The summed E-state index contributed by atoms with van der Waals surface area (Å²) >= 11 is 1.52. The van der Waals surface area contributed by atoms with Crippen molar-refractivity contribution in [2.75, 3.05) is 44.2 Å². The van der Waals surface area contributed by atoms with Gasteiger partial charge in [0.1, 0.15) is 5.01 Å². The minimum atomic E-state index is -3.04. The third-order valence-corrected chi connectivity index (χ3v) is 9.63. The molecular formula is C22H34N4O4S2. The molecule has 178 valence electrons. The first-order chi connectivity index (χ1) is 15.3. The zero-order chi connectivity index (χ0) is 22.7. The number of hydrogen-bond acceptors (Lipinski definition) is 7. The van der Waals surface area contributed by atoms with Gasteiger partial charge in [-0.25, -0.2) is 13.4 Å². The topological polar surface area (TPSA) is 90.9 Å². The zero-order valence-electron chi connectivity index (χ0n) is 18.9. The molecule has 2 aliphatic heterocycles. The van der Waals surface area contributed by atoms with Gasteiger partial charge in [-0.3, -0.25) is 14.5 Å². The highest BCUT2D eigenvalue weighted by Crippen LogP contribution is 2.28. The summed E-state index contributed by atoms with van der Waals surface area (Å²) in [7, 11) is -3.04. The van der Waals surface area contributed by atoms with Crippen LogP contribution in [0.15, 0.2) is 5.38 Å². The maximum atomic E-state index is 13.4. The third-order valence-electron chi connectivity index (χ3n) is 6.91. The molecule has 2 amide bonds. The molecule has 0 bridgehead atoms. The number of aromatic nitrogens is 1. The maximum Gasteiger partial charge on any atom is 0.237 e. The third kappa shape index (κ3) is 5.88. The lowest BCUT2D eigenvalue weighted by atomic mass is 9.92. The van der Waals surface area contributed by atoms with Crippen molar-refractivity contribution in [2.45, 2.75) is 64.0 Å². The lowest BCUT2D eigenvalue weighted by Crippen LogP contribution is -2.55. The summed E-state index contributed by atoms with van der Waals surface area (Å²) in [5.41, 5.74) is 0.943. The monoisotopic (exact) mass is 482 g/mol. The second-order valence-electron chi connectivity index (χ2n) is 9.37. The summed E-state index contributed by atoms with van der Waals surface area (Å²) in [5, 5.41) is 2.81. The van der Waals surface area contributed by atoms with Gasteiger partial charge in [-0.2, -0.15) is 0 Å². The van der Waals surface area contributed by atoms with Gasteiger partial charge in [-0.05, 0) is 26.2 Å². The highest BCUT2D eigenvalue weighted by molar-refractivity contribution is 7.91. The van der Waals surface area contributed by atoms with Crippen LogP contribution in [0.25, 0.3) is 0 Å². The van der Waals surface area contributed by atoms with Crippen molar-refractivity contribution in [3.63, 3.8) is 0 Å². The number of thiazole rings is 1. The Morgan fingerprint density at radius 1 is 1.09 bits per heavy atom. The van der Waals surface area contributed by atoms with Crippen molar-refractivity contribution in [1.29, 1.82) is 0 Å². The van der Waals surface area contributed by atoms with Gasteiger partial charge in [0.05, 0.1) is 24.5 Å². The van der Waals surface area contributed by atoms with Gasteiger partial charge in [-0.15, -0.1) is 11.3 Å². The molecule has 0 spiro atoms. The quantitative estimate of drug-likeness (QED) is 0.610. The van der Waals surface area contributed by atoms with Crippen LogP contribution in [0.4, 0.5) is 0 Å². The summed E-state index contributed by atoms with van der Waals surface area (Å²) in [6.45, 7) is 4.78. The largest absolute Gasteiger partial charge is 0.340 e. The summed E-state index contributed by atoms with van der Waals surface area (Å²) in [5.74, 6) is 0.434. The first kappa shape index (κ1) is 23.6. The van der Waals surface area contributed by atoms with Crippen molar-refractivity contribution in [3.8, 4) is 0 Å². The molecule has 0 radical (unpaired) electrons. The van der Waals surface area contributed by atoms with E-state index in [4.69, 9.17) is 0 Å². The molecule has 3 aliphatic rings. The van der Waals surface area contributed by atoms with Crippen LogP contribution >= 0.6 is 11.3 Å². The first-order valence-corrected chi connectivity index (χ1v) is 14.4. The number of amides is 2. The van der Waals surface area contributed by atoms with Gasteiger partial charge in [0.2, 0.25) is 11.8 Å². The van der Waals surface area contributed by atoms with Crippen LogP contribution in [0.5, 0.6) is 0 Å². The Morgan fingerprint density at radius 2 is 1.81 bits per heavy atom. The average molecular weight is 483 g/mol. The molecule has 0 aromatic carbocycles. The van der Waals surface area contributed by atoms with Crippen molar-refractivity contribution in [2.24, 2.45) is 0 Å². The molecule has 1 aromatic rings. The van der Waals surface area contributed by atoms with Gasteiger partial charge in [-0.1, -0.05) is 19.3 Å². The number of piperazine rings is 1. The minimum Gasteiger partial charge on any atom is -0.340 e. The van der Waals surface area contributed by atoms with Crippen molar-refractivity contribution >= 4 is 33.0 Å². The number of carbonyl (C=O) groups excluding carboxylic acids is 2. The normalized spacial score (nSPS) is 24.5. The van der Waals surface area contributed by atoms with Gasteiger partial charge in [0, 0.05) is 49.3 Å². The van der Waals surface area contributed by atoms with E-state index in [1.165, 1.54) is 17.8 Å².